The molecule has 1 fully saturated rings. The minimum atomic E-state index is -0.0609. The van der Waals surface area contributed by atoms with Crippen LogP contribution in [0.4, 0.5) is 5.69 Å². The number of carbonyl (C=O) groups is 1. The zero-order valence-electron chi connectivity index (χ0n) is 19.6. The Morgan fingerprint density at radius 1 is 1.19 bits per heavy atom. The lowest BCUT2D eigenvalue weighted by Gasteiger charge is -2.34. The first kappa shape index (κ1) is 23.0. The van der Waals surface area contributed by atoms with Gasteiger partial charge in [-0.2, -0.15) is 10.2 Å². The Morgan fingerprint density at radius 2 is 1.90 bits per heavy atom. The first-order valence-corrected chi connectivity index (χ1v) is 11.5. The van der Waals surface area contributed by atoms with E-state index in [1.54, 1.807) is 12.3 Å². The van der Waals surface area contributed by atoms with E-state index in [2.05, 4.69) is 28.9 Å². The summed E-state index contributed by atoms with van der Waals surface area (Å²) in [5.41, 5.74) is 4.30. The summed E-state index contributed by atoms with van der Waals surface area (Å²) < 4.78 is 3.53. The van der Waals surface area contributed by atoms with Crippen molar-refractivity contribution in [3.05, 3.63) is 39.6 Å². The van der Waals surface area contributed by atoms with Gasteiger partial charge in [-0.25, -0.2) is 4.68 Å². The topological polar surface area (TPSA) is 76.3 Å². The number of hydrogen-bond donors (Lipinski definition) is 0. The van der Waals surface area contributed by atoms with E-state index in [4.69, 9.17) is 0 Å². The first-order valence-electron chi connectivity index (χ1n) is 11.5. The average molecular weight is 429 g/mol. The third-order valence-corrected chi connectivity index (χ3v) is 6.40. The largest absolute Gasteiger partial charge is 0.370 e. The van der Waals surface area contributed by atoms with Crippen LogP contribution in [0.25, 0.3) is 0 Å². The molecule has 1 aliphatic heterocycles. The number of rotatable bonds is 8. The fraction of sp³-hybridized carbons (Fsp3) is 0.652. The van der Waals surface area contributed by atoms with Gasteiger partial charge >= 0.3 is 0 Å². The summed E-state index contributed by atoms with van der Waals surface area (Å²) in [6.45, 7) is 12.0. The molecule has 2 aromatic heterocycles. The lowest BCUT2D eigenvalue weighted by molar-refractivity contribution is -0.134. The van der Waals surface area contributed by atoms with E-state index in [1.807, 2.05) is 30.5 Å². The molecule has 8 nitrogen and oxygen atoms in total. The van der Waals surface area contributed by atoms with Gasteiger partial charge in [0.1, 0.15) is 0 Å². The maximum atomic E-state index is 13.0. The molecule has 1 amide bonds. The zero-order valence-corrected chi connectivity index (χ0v) is 19.6. The third kappa shape index (κ3) is 5.17. The van der Waals surface area contributed by atoms with Gasteiger partial charge in [0.2, 0.25) is 5.91 Å². The van der Waals surface area contributed by atoms with E-state index in [-0.39, 0.29) is 17.4 Å². The Bertz CT molecular complexity index is 955. The molecule has 0 unspecified atom stereocenters. The Balaban J connectivity index is 1.53. The number of aryl methyl sites for hydroxylation is 3. The average Bonchev–Trinajstić information content (AvgIpc) is 3.05. The predicted octanol–water partition coefficient (Wildman–Crippen LogP) is 2.40. The molecule has 2 aromatic rings. The summed E-state index contributed by atoms with van der Waals surface area (Å²) in [5, 5.41) is 8.86. The number of anilines is 1. The molecule has 0 saturated carbocycles. The van der Waals surface area contributed by atoms with Crippen molar-refractivity contribution < 1.29 is 4.79 Å². The molecule has 3 heterocycles. The van der Waals surface area contributed by atoms with Gasteiger partial charge in [0, 0.05) is 57.4 Å². The van der Waals surface area contributed by atoms with Gasteiger partial charge in [0.15, 0.2) is 0 Å². The molecule has 0 atom stereocenters. The van der Waals surface area contributed by atoms with E-state index >= 15 is 0 Å². The summed E-state index contributed by atoms with van der Waals surface area (Å²) in [5.74, 6) is 0.254. The van der Waals surface area contributed by atoms with Gasteiger partial charge in [0.25, 0.3) is 5.56 Å². The molecular formula is C23H36N6O2. The Morgan fingerprint density at radius 3 is 2.48 bits per heavy atom. The van der Waals surface area contributed by atoms with Crippen molar-refractivity contribution in [2.75, 3.05) is 31.6 Å². The Labute approximate surface area is 184 Å². The van der Waals surface area contributed by atoms with Crippen molar-refractivity contribution in [2.24, 2.45) is 5.92 Å². The van der Waals surface area contributed by atoms with Gasteiger partial charge in [-0.15, -0.1) is 0 Å². The standard InChI is InChI=1S/C23H36N6O2/c1-6-11-29-22(30)15-20(16-24-29)27-13-8-19(9-14-27)23(31)26(5)12-10-21-17(3)25-28(7-2)18(21)4/h15-16,19H,6-14H2,1-5H3. The second kappa shape index (κ2) is 10.1. The molecule has 0 aliphatic carbocycles. The summed E-state index contributed by atoms with van der Waals surface area (Å²) >= 11 is 0. The molecule has 0 bridgehead atoms. The maximum absolute atomic E-state index is 13.0. The highest BCUT2D eigenvalue weighted by atomic mass is 16.2. The zero-order chi connectivity index (χ0) is 22.5. The van der Waals surface area contributed by atoms with Crippen LogP contribution in [0.3, 0.4) is 0 Å². The fourth-order valence-electron chi connectivity index (χ4n) is 4.47. The number of hydrogen-bond acceptors (Lipinski definition) is 5. The van der Waals surface area contributed by atoms with Gasteiger partial charge in [-0.05, 0) is 52.0 Å². The van der Waals surface area contributed by atoms with Gasteiger partial charge in [-0.3, -0.25) is 14.3 Å². The van der Waals surface area contributed by atoms with E-state index in [0.29, 0.717) is 13.1 Å². The summed E-state index contributed by atoms with van der Waals surface area (Å²) in [6, 6.07) is 1.66. The first-order chi connectivity index (χ1) is 14.8. The monoisotopic (exact) mass is 428 g/mol. The minimum absolute atomic E-state index is 0.0372. The molecule has 0 N–H and O–H groups in total. The molecule has 8 heteroatoms. The van der Waals surface area contributed by atoms with Crippen molar-refractivity contribution in [2.45, 2.75) is 66.5 Å². The molecule has 31 heavy (non-hydrogen) atoms. The number of likely N-dealkylation sites (N-methyl/N-ethyl adjacent to an activating group) is 1. The summed E-state index contributed by atoms with van der Waals surface area (Å²) in [6.07, 6.45) is 5.08. The van der Waals surface area contributed by atoms with Crippen molar-refractivity contribution in [1.82, 2.24) is 24.5 Å². The number of carbonyl (C=O) groups excluding carboxylic acids is 1. The van der Waals surface area contributed by atoms with Gasteiger partial charge in [0.05, 0.1) is 17.6 Å². The van der Waals surface area contributed by atoms with Crippen LogP contribution in [0.15, 0.2) is 17.1 Å². The van der Waals surface area contributed by atoms with Crippen molar-refractivity contribution in [3.63, 3.8) is 0 Å². The Hall–Kier alpha value is -2.64. The van der Waals surface area contributed by atoms with Crippen molar-refractivity contribution >= 4 is 11.6 Å². The normalized spacial score (nSPS) is 14.8. The molecule has 3 rings (SSSR count). The maximum Gasteiger partial charge on any atom is 0.268 e. The smallest absolute Gasteiger partial charge is 0.268 e. The highest BCUT2D eigenvalue weighted by Crippen LogP contribution is 2.23. The lowest BCUT2D eigenvalue weighted by Crippen LogP contribution is -2.42. The van der Waals surface area contributed by atoms with E-state index < -0.39 is 0 Å². The minimum Gasteiger partial charge on any atom is -0.370 e. The number of amides is 1. The number of piperidine rings is 1. The highest BCUT2D eigenvalue weighted by molar-refractivity contribution is 5.79. The summed E-state index contributed by atoms with van der Waals surface area (Å²) in [7, 11) is 1.90. The molecule has 0 aromatic carbocycles. The Kier molecular flexibility index (Phi) is 7.51. The van der Waals surface area contributed by atoms with Crippen LogP contribution in [-0.4, -0.2) is 57.1 Å². The molecule has 1 aliphatic rings. The van der Waals surface area contributed by atoms with Gasteiger partial charge in [-0.1, -0.05) is 6.92 Å². The molecule has 0 spiro atoms. The van der Waals surface area contributed by atoms with Crippen molar-refractivity contribution in [1.29, 1.82) is 0 Å². The van der Waals surface area contributed by atoms with Crippen LogP contribution in [0.5, 0.6) is 0 Å². The second-order valence-corrected chi connectivity index (χ2v) is 8.51. The van der Waals surface area contributed by atoms with E-state index in [0.717, 1.165) is 56.7 Å². The summed E-state index contributed by atoms with van der Waals surface area (Å²) in [4.78, 5) is 29.2. The van der Waals surface area contributed by atoms with E-state index in [9.17, 15) is 9.59 Å². The molecule has 0 radical (unpaired) electrons. The quantitative estimate of drug-likeness (QED) is 0.645. The second-order valence-electron chi connectivity index (χ2n) is 8.51. The predicted molar refractivity (Wildman–Crippen MR) is 122 cm³/mol. The van der Waals surface area contributed by atoms with Crippen LogP contribution >= 0.6 is 0 Å². The highest BCUT2D eigenvalue weighted by Gasteiger charge is 2.28. The van der Waals surface area contributed by atoms with Crippen LogP contribution < -0.4 is 10.5 Å². The SMILES string of the molecule is CCCn1ncc(N2CCC(C(=O)N(C)CCc3c(C)nn(CC)c3C)CC2)cc1=O. The van der Waals surface area contributed by atoms with Crippen LogP contribution in [0.2, 0.25) is 0 Å². The molecular weight excluding hydrogens is 392 g/mol. The van der Waals surface area contributed by atoms with Crippen molar-refractivity contribution in [3.8, 4) is 0 Å². The van der Waals surface area contributed by atoms with Gasteiger partial charge < -0.3 is 9.80 Å². The van der Waals surface area contributed by atoms with Crippen LogP contribution in [0.1, 0.15) is 50.1 Å². The van der Waals surface area contributed by atoms with Crippen LogP contribution in [0, 0.1) is 19.8 Å². The van der Waals surface area contributed by atoms with Crippen LogP contribution in [-0.2, 0) is 24.3 Å². The lowest BCUT2D eigenvalue weighted by atomic mass is 9.95. The third-order valence-electron chi connectivity index (χ3n) is 6.40. The fourth-order valence-corrected chi connectivity index (χ4v) is 4.47. The number of aromatic nitrogens is 4. The molecule has 1 saturated heterocycles. The molecule has 170 valence electrons. The van der Waals surface area contributed by atoms with E-state index in [1.165, 1.54) is 15.9 Å². The number of nitrogens with zero attached hydrogens (tertiary/aromatic N) is 6.